The molecule has 0 fully saturated rings. The summed E-state index contributed by atoms with van der Waals surface area (Å²) in [5.41, 5.74) is 1.07. The lowest BCUT2D eigenvalue weighted by molar-refractivity contribution is 0.412. The molecule has 1 aromatic carbocycles. The van der Waals surface area contributed by atoms with Crippen molar-refractivity contribution in [3.8, 4) is 17.6 Å². The Balaban J connectivity index is 2.54. The lowest BCUT2D eigenvalue weighted by Gasteiger charge is -2.07. The van der Waals surface area contributed by atoms with Crippen LogP contribution >= 0.6 is 15.9 Å². The van der Waals surface area contributed by atoms with Crippen LogP contribution in [-0.4, -0.2) is 13.7 Å². The monoisotopic (exact) mass is 267 g/mol. The van der Waals surface area contributed by atoms with Gasteiger partial charge < -0.3 is 10.1 Å². The van der Waals surface area contributed by atoms with Crippen molar-refractivity contribution in [2.45, 2.75) is 13.3 Å². The molecule has 0 aromatic heterocycles. The van der Waals surface area contributed by atoms with Crippen molar-refractivity contribution in [2.24, 2.45) is 0 Å². The molecule has 0 bridgehead atoms. The van der Waals surface area contributed by atoms with Crippen LogP contribution in [0.25, 0.3) is 0 Å². The van der Waals surface area contributed by atoms with Gasteiger partial charge in [0.05, 0.1) is 11.6 Å². The van der Waals surface area contributed by atoms with E-state index in [9.17, 15) is 0 Å². The Morgan fingerprint density at radius 3 is 2.87 bits per heavy atom. The number of anilines is 1. The third-order valence-electron chi connectivity index (χ3n) is 1.91. The van der Waals surface area contributed by atoms with E-state index in [2.05, 4.69) is 33.1 Å². The van der Waals surface area contributed by atoms with E-state index in [1.54, 1.807) is 7.11 Å². The second-order valence-electron chi connectivity index (χ2n) is 2.95. The SMILES string of the molecule is CC#CCCNc1ccc(OC)c(Br)c1. The van der Waals surface area contributed by atoms with E-state index in [-0.39, 0.29) is 0 Å². The van der Waals surface area contributed by atoms with Crippen LogP contribution in [0.5, 0.6) is 5.75 Å². The first-order chi connectivity index (χ1) is 7.27. The van der Waals surface area contributed by atoms with E-state index in [0.29, 0.717) is 0 Å². The third kappa shape index (κ3) is 3.85. The van der Waals surface area contributed by atoms with Gasteiger partial charge in [0.2, 0.25) is 0 Å². The highest BCUT2D eigenvalue weighted by atomic mass is 79.9. The van der Waals surface area contributed by atoms with E-state index < -0.39 is 0 Å². The van der Waals surface area contributed by atoms with Crippen molar-refractivity contribution in [3.63, 3.8) is 0 Å². The molecule has 0 spiro atoms. The van der Waals surface area contributed by atoms with Gasteiger partial charge in [-0.1, -0.05) is 0 Å². The summed E-state index contributed by atoms with van der Waals surface area (Å²) in [5.74, 6) is 6.71. The molecule has 0 radical (unpaired) electrons. The summed E-state index contributed by atoms with van der Waals surface area (Å²) in [5, 5.41) is 3.28. The van der Waals surface area contributed by atoms with Gasteiger partial charge in [0.25, 0.3) is 0 Å². The molecule has 2 nitrogen and oxygen atoms in total. The summed E-state index contributed by atoms with van der Waals surface area (Å²) < 4.78 is 6.10. The molecule has 15 heavy (non-hydrogen) atoms. The maximum absolute atomic E-state index is 5.15. The van der Waals surface area contributed by atoms with Crippen LogP contribution in [0.15, 0.2) is 22.7 Å². The Kier molecular flexibility index (Phi) is 5.06. The van der Waals surface area contributed by atoms with Crippen LogP contribution in [0.3, 0.4) is 0 Å². The van der Waals surface area contributed by atoms with Gasteiger partial charge in [0, 0.05) is 18.7 Å². The topological polar surface area (TPSA) is 21.3 Å². The van der Waals surface area contributed by atoms with Gasteiger partial charge in [-0.05, 0) is 41.1 Å². The molecule has 0 unspecified atom stereocenters. The molecule has 0 saturated heterocycles. The van der Waals surface area contributed by atoms with Crippen LogP contribution in [0.1, 0.15) is 13.3 Å². The molecule has 1 N–H and O–H groups in total. The summed E-state index contributed by atoms with van der Waals surface area (Å²) in [4.78, 5) is 0. The summed E-state index contributed by atoms with van der Waals surface area (Å²) >= 11 is 3.44. The molecular weight excluding hydrogens is 254 g/mol. The van der Waals surface area contributed by atoms with Gasteiger partial charge in [0.15, 0.2) is 0 Å². The third-order valence-corrected chi connectivity index (χ3v) is 2.53. The van der Waals surface area contributed by atoms with E-state index in [4.69, 9.17) is 4.74 Å². The summed E-state index contributed by atoms with van der Waals surface area (Å²) in [6, 6.07) is 5.92. The van der Waals surface area contributed by atoms with Crippen LogP contribution < -0.4 is 10.1 Å². The highest BCUT2D eigenvalue weighted by molar-refractivity contribution is 9.10. The number of rotatable bonds is 4. The van der Waals surface area contributed by atoms with Gasteiger partial charge >= 0.3 is 0 Å². The van der Waals surface area contributed by atoms with Crippen molar-refractivity contribution in [3.05, 3.63) is 22.7 Å². The quantitative estimate of drug-likeness (QED) is 0.668. The Morgan fingerprint density at radius 1 is 1.47 bits per heavy atom. The van der Waals surface area contributed by atoms with Crippen molar-refractivity contribution in [1.82, 2.24) is 0 Å². The van der Waals surface area contributed by atoms with Crippen LogP contribution in [0.4, 0.5) is 5.69 Å². The molecule has 0 amide bonds. The zero-order valence-electron chi connectivity index (χ0n) is 8.93. The highest BCUT2D eigenvalue weighted by Crippen LogP contribution is 2.27. The molecule has 0 saturated carbocycles. The molecule has 1 rings (SSSR count). The summed E-state index contributed by atoms with van der Waals surface area (Å²) in [7, 11) is 1.66. The average molecular weight is 268 g/mol. The molecule has 0 aliphatic rings. The minimum atomic E-state index is 0.842. The molecule has 0 aliphatic heterocycles. The molecule has 0 atom stereocenters. The van der Waals surface area contributed by atoms with Crippen molar-refractivity contribution >= 4 is 21.6 Å². The number of hydrogen-bond donors (Lipinski definition) is 1. The van der Waals surface area contributed by atoms with Gasteiger partial charge in [-0.2, -0.15) is 0 Å². The Labute approximate surface area is 99.2 Å². The van der Waals surface area contributed by atoms with E-state index in [0.717, 1.165) is 28.9 Å². The normalized spacial score (nSPS) is 9.00. The van der Waals surface area contributed by atoms with Gasteiger partial charge in [-0.25, -0.2) is 0 Å². The zero-order valence-corrected chi connectivity index (χ0v) is 10.5. The molecule has 1 aromatic rings. The zero-order chi connectivity index (χ0) is 11.1. The standard InChI is InChI=1S/C12H14BrNO/c1-3-4-5-8-14-10-6-7-12(15-2)11(13)9-10/h6-7,9,14H,5,8H2,1-2H3. The first-order valence-electron chi connectivity index (χ1n) is 4.75. The molecule has 3 heteroatoms. The van der Waals surface area contributed by atoms with Crippen molar-refractivity contribution in [1.29, 1.82) is 0 Å². The average Bonchev–Trinajstić information content (AvgIpc) is 2.25. The first-order valence-corrected chi connectivity index (χ1v) is 5.54. The van der Waals surface area contributed by atoms with E-state index in [1.807, 2.05) is 25.1 Å². The maximum atomic E-state index is 5.15. The lowest BCUT2D eigenvalue weighted by atomic mass is 10.3. The maximum Gasteiger partial charge on any atom is 0.133 e. The van der Waals surface area contributed by atoms with Crippen LogP contribution in [-0.2, 0) is 0 Å². The predicted octanol–water partition coefficient (Wildman–Crippen LogP) is 3.28. The van der Waals surface area contributed by atoms with E-state index in [1.165, 1.54) is 0 Å². The number of ether oxygens (including phenoxy) is 1. The Bertz CT molecular complexity index is 379. The van der Waals surface area contributed by atoms with Crippen molar-refractivity contribution < 1.29 is 4.74 Å². The van der Waals surface area contributed by atoms with Gasteiger partial charge in [-0.3, -0.25) is 0 Å². The number of halogens is 1. The Hall–Kier alpha value is -1.14. The molecule has 0 heterocycles. The Morgan fingerprint density at radius 2 is 2.27 bits per heavy atom. The number of methoxy groups -OCH3 is 1. The minimum absolute atomic E-state index is 0.842. The predicted molar refractivity (Wildman–Crippen MR) is 67.3 cm³/mol. The molecular formula is C12H14BrNO. The smallest absolute Gasteiger partial charge is 0.133 e. The fraction of sp³-hybridized carbons (Fsp3) is 0.333. The van der Waals surface area contributed by atoms with Crippen LogP contribution in [0, 0.1) is 11.8 Å². The first kappa shape index (κ1) is 11.9. The summed E-state index contributed by atoms with van der Waals surface area (Å²) in [6.07, 6.45) is 0.861. The second-order valence-corrected chi connectivity index (χ2v) is 3.81. The van der Waals surface area contributed by atoms with E-state index >= 15 is 0 Å². The molecule has 0 aliphatic carbocycles. The number of nitrogens with one attached hydrogen (secondary N) is 1. The fourth-order valence-corrected chi connectivity index (χ4v) is 1.71. The largest absolute Gasteiger partial charge is 0.496 e. The van der Waals surface area contributed by atoms with Gasteiger partial charge in [-0.15, -0.1) is 11.8 Å². The minimum Gasteiger partial charge on any atom is -0.496 e. The fourth-order valence-electron chi connectivity index (χ4n) is 1.17. The summed E-state index contributed by atoms with van der Waals surface area (Å²) in [6.45, 7) is 2.71. The van der Waals surface area contributed by atoms with Crippen LogP contribution in [0.2, 0.25) is 0 Å². The number of hydrogen-bond acceptors (Lipinski definition) is 2. The highest BCUT2D eigenvalue weighted by Gasteiger charge is 1.99. The number of benzene rings is 1. The lowest BCUT2D eigenvalue weighted by Crippen LogP contribution is -2.00. The molecule has 80 valence electrons. The van der Waals surface area contributed by atoms with Crippen molar-refractivity contribution in [2.75, 3.05) is 19.0 Å². The second kappa shape index (κ2) is 6.36. The van der Waals surface area contributed by atoms with Gasteiger partial charge in [0.1, 0.15) is 5.75 Å².